The third kappa shape index (κ3) is 3.44. The van der Waals surface area contributed by atoms with Crippen molar-refractivity contribution in [2.24, 2.45) is 0 Å². The van der Waals surface area contributed by atoms with E-state index in [1.165, 1.54) is 4.31 Å². The van der Waals surface area contributed by atoms with Gasteiger partial charge in [0.25, 0.3) is 0 Å². The molecule has 1 aliphatic rings. The summed E-state index contributed by atoms with van der Waals surface area (Å²) < 4.78 is 26.1. The van der Waals surface area contributed by atoms with Crippen molar-refractivity contribution in [2.45, 2.75) is 56.7 Å². The molecule has 1 atom stereocenters. The third-order valence-corrected chi connectivity index (χ3v) is 5.80. The lowest BCUT2D eigenvalue weighted by atomic mass is 9.95. The molecule has 18 heavy (non-hydrogen) atoms. The van der Waals surface area contributed by atoms with Gasteiger partial charge in [-0.25, -0.2) is 8.42 Å². The van der Waals surface area contributed by atoms with Crippen LogP contribution in [0.15, 0.2) is 0 Å². The van der Waals surface area contributed by atoms with E-state index in [1.807, 2.05) is 6.07 Å². The first-order valence-electron chi connectivity index (χ1n) is 6.59. The van der Waals surface area contributed by atoms with Gasteiger partial charge in [-0.15, -0.1) is 0 Å². The molecule has 0 bridgehead atoms. The van der Waals surface area contributed by atoms with Gasteiger partial charge in [0.1, 0.15) is 0 Å². The molecule has 0 saturated heterocycles. The number of hydrogen-bond acceptors (Lipinski definition) is 4. The van der Waals surface area contributed by atoms with Crippen LogP contribution in [0, 0.1) is 11.3 Å². The summed E-state index contributed by atoms with van der Waals surface area (Å²) in [6.07, 6.45) is 5.13. The molecule has 0 aromatic carbocycles. The van der Waals surface area contributed by atoms with E-state index in [1.54, 1.807) is 6.92 Å². The lowest BCUT2D eigenvalue weighted by Gasteiger charge is -2.34. The smallest absolute Gasteiger partial charge is 0.230 e. The Hall–Kier alpha value is -0.640. The Morgan fingerprint density at radius 3 is 2.44 bits per heavy atom. The van der Waals surface area contributed by atoms with Gasteiger partial charge >= 0.3 is 0 Å². The second-order valence-electron chi connectivity index (χ2n) is 4.70. The summed E-state index contributed by atoms with van der Waals surface area (Å²) in [6, 6.07) is 1.82. The summed E-state index contributed by atoms with van der Waals surface area (Å²) in [6.45, 7) is 1.60. The normalized spacial score (nSPS) is 19.7. The second kappa shape index (κ2) is 7.07. The van der Waals surface area contributed by atoms with Gasteiger partial charge in [-0.1, -0.05) is 26.2 Å². The van der Waals surface area contributed by atoms with Crippen molar-refractivity contribution in [3.8, 4) is 6.07 Å². The lowest BCUT2D eigenvalue weighted by Crippen LogP contribution is -2.46. The monoisotopic (exact) mass is 274 g/mol. The van der Waals surface area contributed by atoms with Crippen molar-refractivity contribution in [2.75, 3.05) is 13.2 Å². The Balaban J connectivity index is 2.92. The van der Waals surface area contributed by atoms with Crippen molar-refractivity contribution >= 4 is 10.0 Å². The highest BCUT2D eigenvalue weighted by atomic mass is 32.2. The fourth-order valence-electron chi connectivity index (χ4n) is 2.52. The van der Waals surface area contributed by atoms with Crippen LogP contribution in [0.3, 0.4) is 0 Å². The molecule has 0 aromatic heterocycles. The Morgan fingerprint density at radius 2 is 2.00 bits per heavy atom. The molecule has 1 N–H and O–H groups in total. The molecule has 0 aromatic rings. The predicted molar refractivity (Wildman–Crippen MR) is 69.3 cm³/mol. The zero-order chi connectivity index (χ0) is 13.6. The lowest BCUT2D eigenvalue weighted by molar-refractivity contribution is 0.198. The highest BCUT2D eigenvalue weighted by Crippen LogP contribution is 2.26. The summed E-state index contributed by atoms with van der Waals surface area (Å²) in [4.78, 5) is 0. The quantitative estimate of drug-likeness (QED) is 0.790. The van der Waals surface area contributed by atoms with Crippen molar-refractivity contribution < 1.29 is 13.5 Å². The minimum absolute atomic E-state index is 0.0432. The topological polar surface area (TPSA) is 81.4 Å². The van der Waals surface area contributed by atoms with Crippen LogP contribution in [0.25, 0.3) is 0 Å². The van der Waals surface area contributed by atoms with Crippen LogP contribution in [0.2, 0.25) is 0 Å². The van der Waals surface area contributed by atoms with Crippen molar-refractivity contribution in [3.63, 3.8) is 0 Å². The minimum atomic E-state index is -3.61. The number of nitriles is 1. The number of aliphatic hydroxyl groups excluding tert-OH is 1. The summed E-state index contributed by atoms with van der Waals surface area (Å²) in [5.74, 6) is 0. The Kier molecular flexibility index (Phi) is 6.06. The molecule has 0 radical (unpaired) electrons. The molecular weight excluding hydrogens is 252 g/mol. The molecule has 1 rings (SSSR count). The van der Waals surface area contributed by atoms with E-state index in [-0.39, 0.29) is 25.6 Å². The first-order chi connectivity index (χ1) is 8.57. The maximum absolute atomic E-state index is 12.4. The van der Waals surface area contributed by atoms with E-state index in [4.69, 9.17) is 10.4 Å². The summed E-state index contributed by atoms with van der Waals surface area (Å²) in [5, 5.41) is 17.0. The average molecular weight is 274 g/mol. The van der Waals surface area contributed by atoms with E-state index in [2.05, 4.69) is 0 Å². The van der Waals surface area contributed by atoms with E-state index >= 15 is 0 Å². The predicted octanol–water partition coefficient (Wildman–Crippen LogP) is 1.25. The summed E-state index contributed by atoms with van der Waals surface area (Å²) >= 11 is 0. The highest BCUT2D eigenvalue weighted by molar-refractivity contribution is 7.90. The zero-order valence-corrected chi connectivity index (χ0v) is 11.7. The SMILES string of the molecule is CCC(C#N)S(=O)(=O)N(CCO)C1CCCCC1. The summed E-state index contributed by atoms with van der Waals surface area (Å²) in [5.41, 5.74) is 0. The molecule has 1 aliphatic carbocycles. The van der Waals surface area contributed by atoms with E-state index < -0.39 is 15.3 Å². The first kappa shape index (κ1) is 15.4. The molecule has 5 nitrogen and oxygen atoms in total. The number of hydrogen-bond donors (Lipinski definition) is 1. The molecule has 1 unspecified atom stereocenters. The number of aliphatic hydroxyl groups is 1. The highest BCUT2D eigenvalue weighted by Gasteiger charge is 2.35. The number of sulfonamides is 1. The van der Waals surface area contributed by atoms with Crippen LogP contribution in [-0.2, 0) is 10.0 Å². The van der Waals surface area contributed by atoms with Gasteiger partial charge < -0.3 is 5.11 Å². The second-order valence-corrected chi connectivity index (χ2v) is 6.77. The maximum Gasteiger partial charge on any atom is 0.230 e. The van der Waals surface area contributed by atoms with Crippen LogP contribution in [0.5, 0.6) is 0 Å². The minimum Gasteiger partial charge on any atom is -0.395 e. The Morgan fingerprint density at radius 1 is 1.39 bits per heavy atom. The Labute approximate surface area is 109 Å². The van der Waals surface area contributed by atoms with Gasteiger partial charge in [0.05, 0.1) is 12.7 Å². The van der Waals surface area contributed by atoms with Crippen LogP contribution < -0.4 is 0 Å². The van der Waals surface area contributed by atoms with E-state index in [0.29, 0.717) is 0 Å². The molecular formula is C12H22N2O3S. The first-order valence-corrected chi connectivity index (χ1v) is 8.09. The number of rotatable bonds is 6. The fourth-order valence-corrected chi connectivity index (χ4v) is 4.36. The zero-order valence-electron chi connectivity index (χ0n) is 10.9. The van der Waals surface area contributed by atoms with Crippen LogP contribution >= 0.6 is 0 Å². The van der Waals surface area contributed by atoms with Crippen LogP contribution in [0.4, 0.5) is 0 Å². The van der Waals surface area contributed by atoms with Crippen molar-refractivity contribution in [3.05, 3.63) is 0 Å². The van der Waals surface area contributed by atoms with E-state index in [0.717, 1.165) is 32.1 Å². The Bertz CT molecular complexity index is 383. The molecule has 1 fully saturated rings. The number of nitrogens with zero attached hydrogens (tertiary/aromatic N) is 2. The molecule has 0 spiro atoms. The van der Waals surface area contributed by atoms with Gasteiger partial charge in [-0.05, 0) is 19.3 Å². The van der Waals surface area contributed by atoms with Gasteiger partial charge in [-0.3, -0.25) is 0 Å². The molecule has 1 saturated carbocycles. The average Bonchev–Trinajstić information content (AvgIpc) is 2.38. The standard InChI is InChI=1S/C12H22N2O3S/c1-2-12(10-13)18(16,17)14(8-9-15)11-6-4-3-5-7-11/h11-12,15H,2-9H2,1H3. The molecule has 104 valence electrons. The third-order valence-electron chi connectivity index (χ3n) is 3.50. The van der Waals surface area contributed by atoms with E-state index in [9.17, 15) is 8.42 Å². The van der Waals surface area contributed by atoms with Crippen LogP contribution in [-0.4, -0.2) is 42.3 Å². The van der Waals surface area contributed by atoms with Crippen molar-refractivity contribution in [1.29, 1.82) is 5.26 Å². The van der Waals surface area contributed by atoms with Gasteiger partial charge in [0, 0.05) is 12.6 Å². The van der Waals surface area contributed by atoms with Gasteiger partial charge in [-0.2, -0.15) is 9.57 Å². The fraction of sp³-hybridized carbons (Fsp3) is 0.917. The van der Waals surface area contributed by atoms with Gasteiger partial charge in [0.15, 0.2) is 5.25 Å². The molecule has 6 heteroatoms. The summed E-state index contributed by atoms with van der Waals surface area (Å²) in [7, 11) is -3.61. The van der Waals surface area contributed by atoms with Crippen molar-refractivity contribution in [1.82, 2.24) is 4.31 Å². The maximum atomic E-state index is 12.4. The molecule has 0 aliphatic heterocycles. The largest absolute Gasteiger partial charge is 0.395 e. The van der Waals surface area contributed by atoms with Crippen LogP contribution in [0.1, 0.15) is 45.4 Å². The molecule has 0 heterocycles. The van der Waals surface area contributed by atoms with Gasteiger partial charge in [0.2, 0.25) is 10.0 Å². The molecule has 0 amide bonds.